The Labute approximate surface area is 128 Å². The Hall–Kier alpha value is -0.810. The van der Waals surface area contributed by atoms with Crippen LogP contribution in [0.15, 0.2) is 0 Å². The van der Waals surface area contributed by atoms with Gasteiger partial charge in [-0.25, -0.2) is 4.79 Å². The SMILES string of the molecule is CCN(CCO)CCCC1CCC(CN(C)C(=O)O)CC1. The Morgan fingerprint density at radius 2 is 1.76 bits per heavy atom. The predicted molar refractivity (Wildman–Crippen MR) is 84.5 cm³/mol. The Morgan fingerprint density at radius 1 is 1.14 bits per heavy atom. The van der Waals surface area contributed by atoms with Crippen LogP contribution >= 0.6 is 0 Å². The fourth-order valence-electron chi connectivity index (χ4n) is 3.34. The summed E-state index contributed by atoms with van der Waals surface area (Å²) in [6.45, 7) is 5.94. The molecule has 5 heteroatoms. The minimum atomic E-state index is -0.819. The first-order chi connectivity index (χ1) is 10.1. The van der Waals surface area contributed by atoms with Gasteiger partial charge in [-0.3, -0.25) is 0 Å². The molecule has 0 spiro atoms. The van der Waals surface area contributed by atoms with E-state index in [2.05, 4.69) is 11.8 Å². The van der Waals surface area contributed by atoms with Gasteiger partial charge in [-0.1, -0.05) is 19.8 Å². The van der Waals surface area contributed by atoms with E-state index in [1.165, 1.54) is 30.6 Å². The van der Waals surface area contributed by atoms with E-state index in [1.807, 2.05) is 0 Å². The number of carbonyl (C=O) groups is 1. The van der Waals surface area contributed by atoms with Crippen LogP contribution in [0.5, 0.6) is 0 Å². The summed E-state index contributed by atoms with van der Waals surface area (Å²) in [5, 5.41) is 17.9. The molecule has 0 aromatic heterocycles. The molecular weight excluding hydrogens is 268 g/mol. The summed E-state index contributed by atoms with van der Waals surface area (Å²) in [5.74, 6) is 1.35. The van der Waals surface area contributed by atoms with Gasteiger partial charge in [0.2, 0.25) is 0 Å². The second kappa shape index (κ2) is 10.0. The van der Waals surface area contributed by atoms with Crippen molar-refractivity contribution in [1.29, 1.82) is 0 Å². The van der Waals surface area contributed by atoms with Crippen LogP contribution < -0.4 is 0 Å². The molecule has 0 bridgehead atoms. The highest BCUT2D eigenvalue weighted by Crippen LogP contribution is 2.31. The molecule has 1 saturated carbocycles. The summed E-state index contributed by atoms with van der Waals surface area (Å²) in [7, 11) is 1.66. The number of likely N-dealkylation sites (N-methyl/N-ethyl adjacent to an activating group) is 1. The quantitative estimate of drug-likeness (QED) is 0.687. The summed E-state index contributed by atoms with van der Waals surface area (Å²) >= 11 is 0. The van der Waals surface area contributed by atoms with Crippen LogP contribution in [0, 0.1) is 11.8 Å². The number of nitrogens with zero attached hydrogens (tertiary/aromatic N) is 2. The van der Waals surface area contributed by atoms with Crippen molar-refractivity contribution < 1.29 is 15.0 Å². The second-order valence-corrected chi connectivity index (χ2v) is 6.35. The van der Waals surface area contributed by atoms with Crippen LogP contribution in [0.2, 0.25) is 0 Å². The summed E-state index contributed by atoms with van der Waals surface area (Å²) in [6.07, 6.45) is 6.46. The summed E-state index contributed by atoms with van der Waals surface area (Å²) in [4.78, 5) is 14.5. The lowest BCUT2D eigenvalue weighted by molar-refractivity contribution is 0.138. The monoisotopic (exact) mass is 300 g/mol. The normalized spacial score (nSPS) is 22.5. The number of aliphatic hydroxyl groups excluding tert-OH is 1. The van der Waals surface area contributed by atoms with Crippen molar-refractivity contribution in [3.05, 3.63) is 0 Å². The van der Waals surface area contributed by atoms with Crippen LogP contribution in [0.4, 0.5) is 4.79 Å². The van der Waals surface area contributed by atoms with Crippen molar-refractivity contribution in [3.8, 4) is 0 Å². The highest BCUT2D eigenvalue weighted by Gasteiger charge is 2.23. The van der Waals surface area contributed by atoms with E-state index < -0.39 is 6.09 Å². The van der Waals surface area contributed by atoms with Gasteiger partial charge in [0.25, 0.3) is 0 Å². The smallest absolute Gasteiger partial charge is 0.407 e. The highest BCUT2D eigenvalue weighted by molar-refractivity contribution is 5.64. The molecule has 124 valence electrons. The molecule has 1 amide bonds. The lowest BCUT2D eigenvalue weighted by Gasteiger charge is -2.31. The Morgan fingerprint density at radius 3 is 2.29 bits per heavy atom. The number of amides is 1. The number of carboxylic acid groups (broad SMARTS) is 1. The molecule has 0 aliphatic heterocycles. The average molecular weight is 300 g/mol. The minimum absolute atomic E-state index is 0.246. The van der Waals surface area contributed by atoms with E-state index in [-0.39, 0.29) is 6.61 Å². The van der Waals surface area contributed by atoms with Crippen molar-refractivity contribution >= 4 is 6.09 Å². The highest BCUT2D eigenvalue weighted by atomic mass is 16.4. The van der Waals surface area contributed by atoms with Gasteiger partial charge in [-0.05, 0) is 50.6 Å². The molecule has 1 aliphatic rings. The maximum absolute atomic E-state index is 10.8. The van der Waals surface area contributed by atoms with E-state index in [0.717, 1.165) is 38.4 Å². The summed E-state index contributed by atoms with van der Waals surface area (Å²) in [6, 6.07) is 0. The molecule has 0 aromatic carbocycles. The fourth-order valence-corrected chi connectivity index (χ4v) is 3.34. The third-order valence-corrected chi connectivity index (χ3v) is 4.78. The third-order valence-electron chi connectivity index (χ3n) is 4.78. The molecule has 0 saturated heterocycles. The van der Waals surface area contributed by atoms with Gasteiger partial charge >= 0.3 is 6.09 Å². The van der Waals surface area contributed by atoms with E-state index in [4.69, 9.17) is 10.2 Å². The molecule has 1 fully saturated rings. The van der Waals surface area contributed by atoms with Crippen molar-refractivity contribution in [2.75, 3.05) is 39.8 Å². The lowest BCUT2D eigenvalue weighted by atomic mass is 9.80. The lowest BCUT2D eigenvalue weighted by Crippen LogP contribution is -2.32. The van der Waals surface area contributed by atoms with Crippen molar-refractivity contribution in [2.45, 2.75) is 45.4 Å². The molecule has 0 atom stereocenters. The second-order valence-electron chi connectivity index (χ2n) is 6.35. The van der Waals surface area contributed by atoms with Crippen LogP contribution in [0.1, 0.15) is 45.4 Å². The Kier molecular flexibility index (Phi) is 8.69. The Balaban J connectivity index is 2.14. The number of hydrogen-bond acceptors (Lipinski definition) is 3. The molecule has 1 aliphatic carbocycles. The molecule has 21 heavy (non-hydrogen) atoms. The number of aliphatic hydroxyl groups is 1. The number of rotatable bonds is 9. The van der Waals surface area contributed by atoms with Gasteiger partial charge in [0.05, 0.1) is 6.61 Å². The molecular formula is C16H32N2O3. The van der Waals surface area contributed by atoms with Gasteiger partial charge in [0, 0.05) is 20.1 Å². The molecule has 0 aromatic rings. The van der Waals surface area contributed by atoms with E-state index in [1.54, 1.807) is 7.05 Å². The van der Waals surface area contributed by atoms with E-state index in [9.17, 15) is 4.79 Å². The van der Waals surface area contributed by atoms with Crippen molar-refractivity contribution in [1.82, 2.24) is 9.80 Å². The Bertz CT molecular complexity index is 291. The predicted octanol–water partition coefficient (Wildman–Crippen LogP) is 2.50. The maximum atomic E-state index is 10.8. The standard InChI is InChI=1S/C16H32N2O3/c1-3-18(11-12-19)10-4-5-14-6-8-15(9-7-14)13-17(2)16(20)21/h14-15,19H,3-13H2,1-2H3,(H,20,21). The number of hydrogen-bond donors (Lipinski definition) is 2. The zero-order valence-corrected chi connectivity index (χ0v) is 13.6. The van der Waals surface area contributed by atoms with Crippen LogP contribution in [-0.2, 0) is 0 Å². The largest absolute Gasteiger partial charge is 0.465 e. The fraction of sp³-hybridized carbons (Fsp3) is 0.938. The van der Waals surface area contributed by atoms with Crippen molar-refractivity contribution in [2.24, 2.45) is 11.8 Å². The summed E-state index contributed by atoms with van der Waals surface area (Å²) < 4.78 is 0. The summed E-state index contributed by atoms with van der Waals surface area (Å²) in [5.41, 5.74) is 0. The first-order valence-electron chi connectivity index (χ1n) is 8.34. The van der Waals surface area contributed by atoms with E-state index >= 15 is 0 Å². The van der Waals surface area contributed by atoms with Crippen LogP contribution in [0.3, 0.4) is 0 Å². The average Bonchev–Trinajstić information content (AvgIpc) is 2.48. The van der Waals surface area contributed by atoms with Gasteiger partial charge < -0.3 is 20.0 Å². The van der Waals surface area contributed by atoms with Gasteiger partial charge in [0.1, 0.15) is 0 Å². The molecule has 1 rings (SSSR count). The first kappa shape index (κ1) is 18.2. The van der Waals surface area contributed by atoms with Crippen LogP contribution in [-0.4, -0.2) is 65.9 Å². The topological polar surface area (TPSA) is 64.0 Å². The van der Waals surface area contributed by atoms with Gasteiger partial charge in [-0.2, -0.15) is 0 Å². The van der Waals surface area contributed by atoms with E-state index in [0.29, 0.717) is 12.5 Å². The zero-order chi connectivity index (χ0) is 15.7. The van der Waals surface area contributed by atoms with Crippen LogP contribution in [0.25, 0.3) is 0 Å². The molecule has 0 heterocycles. The molecule has 5 nitrogen and oxygen atoms in total. The van der Waals surface area contributed by atoms with Crippen molar-refractivity contribution in [3.63, 3.8) is 0 Å². The molecule has 0 radical (unpaired) electrons. The van der Waals surface area contributed by atoms with Gasteiger partial charge in [0.15, 0.2) is 0 Å². The minimum Gasteiger partial charge on any atom is -0.465 e. The zero-order valence-electron chi connectivity index (χ0n) is 13.6. The third kappa shape index (κ3) is 7.14. The molecule has 2 N–H and O–H groups in total. The molecule has 0 unspecified atom stereocenters. The van der Waals surface area contributed by atoms with Gasteiger partial charge in [-0.15, -0.1) is 0 Å². The maximum Gasteiger partial charge on any atom is 0.407 e. The first-order valence-corrected chi connectivity index (χ1v) is 8.34.